The van der Waals surface area contributed by atoms with Crippen LogP contribution in [0.25, 0.3) is 11.5 Å². The van der Waals surface area contributed by atoms with Gasteiger partial charge in [-0.25, -0.2) is 4.79 Å². The summed E-state index contributed by atoms with van der Waals surface area (Å²) in [6, 6.07) is 12.3. The first kappa shape index (κ1) is 29.1. The molecule has 1 aliphatic rings. The summed E-state index contributed by atoms with van der Waals surface area (Å²) in [5.74, 6) is -0.466. The van der Waals surface area contributed by atoms with Crippen molar-refractivity contribution in [2.45, 2.75) is 97.3 Å². The molecule has 4 rings (SSSR count). The van der Waals surface area contributed by atoms with Gasteiger partial charge in [-0.2, -0.15) is 4.98 Å². The summed E-state index contributed by atoms with van der Waals surface area (Å²) in [6.07, 6.45) is 12.3. The minimum absolute atomic E-state index is 0.0370. The molecule has 1 amide bonds. The highest BCUT2D eigenvalue weighted by Gasteiger charge is 2.27. The Hall–Kier alpha value is -3.88. The molecule has 1 aliphatic heterocycles. The third kappa shape index (κ3) is 7.83. The average molecular weight is 550 g/mol. The smallest absolute Gasteiger partial charge is 0.394 e. The van der Waals surface area contributed by atoms with Gasteiger partial charge in [0, 0.05) is 30.2 Å². The molecular formula is C31H39N3O6. The number of hydrogen-bond donors (Lipinski definition) is 1. The van der Waals surface area contributed by atoms with E-state index in [1.54, 1.807) is 18.2 Å². The van der Waals surface area contributed by atoms with Gasteiger partial charge in [0.1, 0.15) is 0 Å². The van der Waals surface area contributed by atoms with E-state index in [1.165, 1.54) is 49.8 Å². The first-order chi connectivity index (χ1) is 19.5. The Labute approximate surface area is 235 Å². The van der Waals surface area contributed by atoms with Crippen LogP contribution in [0.5, 0.6) is 11.5 Å². The molecule has 3 aromatic rings. The van der Waals surface area contributed by atoms with Gasteiger partial charge in [-0.3, -0.25) is 9.69 Å². The molecule has 0 saturated heterocycles. The average Bonchev–Trinajstić information content (AvgIpc) is 3.61. The van der Waals surface area contributed by atoms with Crippen molar-refractivity contribution in [3.8, 4) is 23.0 Å². The van der Waals surface area contributed by atoms with Crippen LogP contribution in [-0.2, 0) is 22.6 Å². The zero-order valence-electron chi connectivity index (χ0n) is 23.4. The number of nitrogens with zero attached hydrogens (tertiary/aromatic N) is 3. The Bertz CT molecular complexity index is 1270. The summed E-state index contributed by atoms with van der Waals surface area (Å²) in [7, 11) is 0. The molecule has 1 atom stereocenters. The second kappa shape index (κ2) is 14.5. The van der Waals surface area contributed by atoms with Gasteiger partial charge in [0.15, 0.2) is 17.3 Å². The van der Waals surface area contributed by atoms with Crippen molar-refractivity contribution in [1.82, 2.24) is 10.1 Å². The van der Waals surface area contributed by atoms with E-state index in [1.807, 2.05) is 31.2 Å². The number of rotatable bonds is 15. The predicted octanol–water partition coefficient (Wildman–Crippen LogP) is 6.94. The van der Waals surface area contributed by atoms with Gasteiger partial charge in [0.05, 0.1) is 6.54 Å². The fourth-order valence-corrected chi connectivity index (χ4v) is 4.78. The second-order valence-electron chi connectivity index (χ2n) is 10.2. The summed E-state index contributed by atoms with van der Waals surface area (Å²) in [5.41, 5.74) is 1.83. The Morgan fingerprint density at radius 2 is 1.62 bits per heavy atom. The molecule has 1 N–H and O–H groups in total. The molecule has 9 heteroatoms. The van der Waals surface area contributed by atoms with Gasteiger partial charge in [0.2, 0.25) is 6.29 Å². The summed E-state index contributed by atoms with van der Waals surface area (Å²) in [4.78, 5) is 30.1. The summed E-state index contributed by atoms with van der Waals surface area (Å²) in [6.45, 7) is 4.21. The first-order valence-electron chi connectivity index (χ1n) is 14.4. The maximum Gasteiger partial charge on any atom is 0.394 e. The summed E-state index contributed by atoms with van der Waals surface area (Å²) in [5, 5.41) is 13.6. The third-order valence-electron chi connectivity index (χ3n) is 7.00. The molecule has 214 valence electrons. The normalized spacial score (nSPS) is 13.9. The fraction of sp³-hybridized carbons (Fsp3) is 0.484. The topological polar surface area (TPSA) is 115 Å². The molecule has 0 spiro atoms. The number of aryl methyl sites for hydroxylation is 1. The number of ether oxygens (including phenoxy) is 2. The Kier molecular flexibility index (Phi) is 10.5. The number of carboxylic acid groups (broad SMARTS) is 1. The van der Waals surface area contributed by atoms with E-state index in [-0.39, 0.29) is 6.54 Å². The zero-order chi connectivity index (χ0) is 28.3. The lowest BCUT2D eigenvalue weighted by Crippen LogP contribution is -2.36. The van der Waals surface area contributed by atoms with Crippen molar-refractivity contribution < 1.29 is 28.7 Å². The Morgan fingerprint density at radius 3 is 2.35 bits per heavy atom. The maximum atomic E-state index is 12.7. The molecule has 9 nitrogen and oxygen atoms in total. The molecule has 40 heavy (non-hydrogen) atoms. The van der Waals surface area contributed by atoms with Crippen LogP contribution in [0, 0.1) is 0 Å². The van der Waals surface area contributed by atoms with Crippen LogP contribution >= 0.6 is 0 Å². The number of benzene rings is 2. The standard InChI is InChI=1S/C31H39N3O6/c1-3-5-6-7-8-9-10-11-12-16-27-32-29(40-33-27)23-15-13-14-22(19-23)21-34(30(35)31(36)37)24-17-18-25-26(20-24)39-28(4-2)38-25/h13-15,17-20,28H,3-12,16,21H2,1-2H3,(H,36,37). The zero-order valence-corrected chi connectivity index (χ0v) is 23.4. The Morgan fingerprint density at radius 1 is 0.900 bits per heavy atom. The predicted molar refractivity (Wildman–Crippen MR) is 151 cm³/mol. The van der Waals surface area contributed by atoms with Crippen LogP contribution < -0.4 is 14.4 Å². The number of carbonyl (C=O) groups excluding carboxylic acids is 1. The van der Waals surface area contributed by atoms with Gasteiger partial charge in [0.25, 0.3) is 5.89 Å². The molecule has 1 aromatic heterocycles. The number of fused-ring (bicyclic) bond motifs is 1. The van der Waals surface area contributed by atoms with Gasteiger partial charge >= 0.3 is 11.9 Å². The van der Waals surface area contributed by atoms with Crippen molar-refractivity contribution in [2.24, 2.45) is 0 Å². The van der Waals surface area contributed by atoms with E-state index < -0.39 is 18.2 Å². The van der Waals surface area contributed by atoms with Crippen LogP contribution in [0.4, 0.5) is 5.69 Å². The van der Waals surface area contributed by atoms with Crippen molar-refractivity contribution >= 4 is 17.6 Å². The van der Waals surface area contributed by atoms with Crippen LogP contribution in [0.15, 0.2) is 47.0 Å². The number of hydrogen-bond acceptors (Lipinski definition) is 7. The molecule has 0 radical (unpaired) electrons. The number of aromatic nitrogens is 2. The van der Waals surface area contributed by atoms with E-state index in [9.17, 15) is 14.7 Å². The highest BCUT2D eigenvalue weighted by atomic mass is 16.7. The number of anilines is 1. The van der Waals surface area contributed by atoms with E-state index in [4.69, 9.17) is 14.0 Å². The molecular weight excluding hydrogens is 510 g/mol. The fourth-order valence-electron chi connectivity index (χ4n) is 4.78. The molecule has 2 heterocycles. The molecule has 0 fully saturated rings. The quantitative estimate of drug-likeness (QED) is 0.160. The lowest BCUT2D eigenvalue weighted by atomic mass is 10.1. The maximum absolute atomic E-state index is 12.7. The van der Waals surface area contributed by atoms with Crippen LogP contribution in [-0.4, -0.2) is 33.4 Å². The van der Waals surface area contributed by atoms with E-state index in [2.05, 4.69) is 17.1 Å². The minimum Gasteiger partial charge on any atom is -0.474 e. The number of unbranched alkanes of at least 4 members (excludes halogenated alkanes) is 8. The van der Waals surface area contributed by atoms with Crippen molar-refractivity contribution in [1.29, 1.82) is 0 Å². The van der Waals surface area contributed by atoms with Gasteiger partial charge in [-0.05, 0) is 36.2 Å². The molecule has 0 saturated carbocycles. The largest absolute Gasteiger partial charge is 0.474 e. The number of amides is 1. The number of carboxylic acids is 1. The third-order valence-corrected chi connectivity index (χ3v) is 7.00. The lowest BCUT2D eigenvalue weighted by molar-refractivity contribution is -0.148. The SMILES string of the molecule is CCCCCCCCCCCc1noc(-c2cccc(CN(C(=O)C(=O)O)c3ccc4c(c3)OC(CC)O4)c2)n1. The van der Waals surface area contributed by atoms with Crippen LogP contribution in [0.3, 0.4) is 0 Å². The summed E-state index contributed by atoms with van der Waals surface area (Å²) >= 11 is 0. The van der Waals surface area contributed by atoms with Gasteiger partial charge < -0.3 is 19.1 Å². The monoisotopic (exact) mass is 549 g/mol. The molecule has 2 aromatic carbocycles. The van der Waals surface area contributed by atoms with Crippen LogP contribution in [0.1, 0.15) is 89.4 Å². The highest BCUT2D eigenvalue weighted by molar-refractivity contribution is 6.37. The van der Waals surface area contributed by atoms with E-state index in [0.717, 1.165) is 24.8 Å². The van der Waals surface area contributed by atoms with Crippen LogP contribution in [0.2, 0.25) is 0 Å². The summed E-state index contributed by atoms with van der Waals surface area (Å²) < 4.78 is 16.9. The molecule has 0 aliphatic carbocycles. The molecule has 0 bridgehead atoms. The minimum atomic E-state index is -1.54. The van der Waals surface area contributed by atoms with Crippen molar-refractivity contribution in [3.05, 3.63) is 53.9 Å². The molecule has 1 unspecified atom stereocenters. The van der Waals surface area contributed by atoms with Crippen molar-refractivity contribution in [3.63, 3.8) is 0 Å². The highest BCUT2D eigenvalue weighted by Crippen LogP contribution is 2.39. The Balaban J connectivity index is 1.37. The van der Waals surface area contributed by atoms with E-state index >= 15 is 0 Å². The van der Waals surface area contributed by atoms with Gasteiger partial charge in [-0.1, -0.05) is 82.5 Å². The number of carbonyl (C=O) groups is 2. The van der Waals surface area contributed by atoms with E-state index in [0.29, 0.717) is 40.9 Å². The van der Waals surface area contributed by atoms with Gasteiger partial charge in [-0.15, -0.1) is 0 Å². The number of aliphatic carboxylic acids is 1. The first-order valence-corrected chi connectivity index (χ1v) is 14.4. The second-order valence-corrected chi connectivity index (χ2v) is 10.2. The lowest BCUT2D eigenvalue weighted by Gasteiger charge is -2.21. The van der Waals surface area contributed by atoms with Crippen molar-refractivity contribution in [2.75, 3.05) is 4.90 Å².